The normalized spacial score (nSPS) is 18.5. The topological polar surface area (TPSA) is 148 Å². The summed E-state index contributed by atoms with van der Waals surface area (Å²) in [5, 5.41) is 34.8. The van der Waals surface area contributed by atoms with Gasteiger partial charge in [0.25, 0.3) is 0 Å². The number of aliphatic carboxylic acids is 2. The first-order valence-electron chi connectivity index (χ1n) is 11.7. The van der Waals surface area contributed by atoms with Gasteiger partial charge in [-0.1, -0.05) is 26.0 Å². The molecule has 0 unspecified atom stereocenters. The Labute approximate surface area is 200 Å². The zero-order chi connectivity index (χ0) is 25.3. The number of ether oxygens (including phenoxy) is 1. The standard InChI is InChI=1S/C24H37N3O7/c1-15(2)25-13-18(28)14-34-19-9-6-17(7-10-19)8-11-20(23(30)31)26-16(3)22(29)27-12-4-5-21(27)24(32)33/h6-7,9-10,15-16,18,20-21,25-26,28H,4-5,8,11-14H2,1-3H3,(H,30,31)(H,32,33)/t16-,18+,20+,21-/m0/s1. The Morgan fingerprint density at radius 2 is 1.82 bits per heavy atom. The van der Waals surface area contributed by atoms with Crippen molar-refractivity contribution < 1.29 is 34.4 Å². The number of nitrogens with zero attached hydrogens (tertiary/aromatic N) is 1. The van der Waals surface area contributed by atoms with Crippen LogP contribution in [0.3, 0.4) is 0 Å². The van der Waals surface area contributed by atoms with Crippen LogP contribution >= 0.6 is 0 Å². The van der Waals surface area contributed by atoms with E-state index in [1.807, 2.05) is 26.0 Å². The van der Waals surface area contributed by atoms with E-state index in [0.717, 1.165) is 5.56 Å². The molecule has 34 heavy (non-hydrogen) atoms. The van der Waals surface area contributed by atoms with Gasteiger partial charge in [0, 0.05) is 19.1 Å². The van der Waals surface area contributed by atoms with Gasteiger partial charge >= 0.3 is 11.9 Å². The molecule has 190 valence electrons. The summed E-state index contributed by atoms with van der Waals surface area (Å²) in [4.78, 5) is 37.1. The number of nitrogens with one attached hydrogen (secondary N) is 2. The molecule has 1 aliphatic heterocycles. The fraction of sp³-hybridized carbons (Fsp3) is 0.625. The highest BCUT2D eigenvalue weighted by atomic mass is 16.5. The lowest BCUT2D eigenvalue weighted by Crippen LogP contribution is -2.53. The van der Waals surface area contributed by atoms with Crippen LogP contribution in [0.1, 0.15) is 45.6 Å². The van der Waals surface area contributed by atoms with Gasteiger partial charge in [-0.3, -0.25) is 14.9 Å². The minimum absolute atomic E-state index is 0.162. The molecule has 10 nitrogen and oxygen atoms in total. The molecular weight excluding hydrogens is 442 g/mol. The van der Waals surface area contributed by atoms with Crippen LogP contribution in [0.2, 0.25) is 0 Å². The number of benzene rings is 1. The molecule has 2 rings (SSSR count). The maximum atomic E-state index is 12.7. The Hall–Kier alpha value is -2.69. The van der Waals surface area contributed by atoms with E-state index >= 15 is 0 Å². The Morgan fingerprint density at radius 3 is 2.41 bits per heavy atom. The second-order valence-electron chi connectivity index (χ2n) is 9.02. The van der Waals surface area contributed by atoms with Crippen molar-refractivity contribution in [3.8, 4) is 5.75 Å². The van der Waals surface area contributed by atoms with E-state index in [1.54, 1.807) is 19.1 Å². The van der Waals surface area contributed by atoms with Crippen LogP contribution in [0.15, 0.2) is 24.3 Å². The molecule has 10 heteroatoms. The van der Waals surface area contributed by atoms with Crippen LogP contribution in [-0.4, -0.2) is 88.0 Å². The number of hydrogen-bond donors (Lipinski definition) is 5. The first-order valence-corrected chi connectivity index (χ1v) is 11.7. The fourth-order valence-corrected chi connectivity index (χ4v) is 3.87. The average Bonchev–Trinajstić information content (AvgIpc) is 3.29. The Kier molecular flexibility index (Phi) is 10.7. The van der Waals surface area contributed by atoms with Crippen LogP contribution in [0.25, 0.3) is 0 Å². The van der Waals surface area contributed by atoms with Gasteiger partial charge in [-0.25, -0.2) is 4.79 Å². The van der Waals surface area contributed by atoms with Gasteiger partial charge in [0.1, 0.15) is 30.5 Å². The summed E-state index contributed by atoms with van der Waals surface area (Å²) in [6.07, 6.45) is 1.12. The van der Waals surface area contributed by atoms with Crippen molar-refractivity contribution in [2.45, 2.75) is 76.7 Å². The van der Waals surface area contributed by atoms with Gasteiger partial charge in [0.15, 0.2) is 0 Å². The summed E-state index contributed by atoms with van der Waals surface area (Å²) in [5.74, 6) is -1.90. The second kappa shape index (κ2) is 13.3. The molecule has 0 radical (unpaired) electrons. The molecule has 1 aliphatic rings. The third-order valence-electron chi connectivity index (χ3n) is 5.79. The van der Waals surface area contributed by atoms with E-state index < -0.39 is 42.1 Å². The molecule has 1 saturated heterocycles. The van der Waals surface area contributed by atoms with Gasteiger partial charge in [-0.15, -0.1) is 0 Å². The van der Waals surface area contributed by atoms with E-state index in [2.05, 4.69) is 10.6 Å². The molecular formula is C24H37N3O7. The van der Waals surface area contributed by atoms with Gasteiger partial charge < -0.3 is 30.3 Å². The highest BCUT2D eigenvalue weighted by Gasteiger charge is 2.36. The lowest BCUT2D eigenvalue weighted by molar-refractivity contribution is -0.149. The predicted molar refractivity (Wildman–Crippen MR) is 126 cm³/mol. The molecule has 0 saturated carbocycles. The van der Waals surface area contributed by atoms with Crippen molar-refractivity contribution >= 4 is 17.8 Å². The molecule has 1 aromatic rings. The predicted octanol–water partition coefficient (Wildman–Crippen LogP) is 0.864. The number of amides is 1. The summed E-state index contributed by atoms with van der Waals surface area (Å²) in [7, 11) is 0. The van der Waals surface area contributed by atoms with Crippen LogP contribution in [0, 0.1) is 0 Å². The molecule has 5 N–H and O–H groups in total. The second-order valence-corrected chi connectivity index (χ2v) is 9.02. The van der Waals surface area contributed by atoms with Crippen LogP contribution in [-0.2, 0) is 20.8 Å². The Balaban J connectivity index is 1.84. The molecule has 0 spiro atoms. The SMILES string of the molecule is CC(C)NC[C@@H](O)COc1ccc(CC[C@@H](N[C@@H](C)C(=O)N2CCC[C@H]2C(=O)O)C(=O)O)cc1. The van der Waals surface area contributed by atoms with Gasteiger partial charge in [0.05, 0.1) is 6.04 Å². The number of carbonyl (C=O) groups excluding carboxylic acids is 1. The molecule has 1 aromatic carbocycles. The van der Waals surface area contributed by atoms with Crippen molar-refractivity contribution in [3.05, 3.63) is 29.8 Å². The zero-order valence-electron chi connectivity index (χ0n) is 20.1. The highest BCUT2D eigenvalue weighted by molar-refractivity contribution is 5.88. The summed E-state index contributed by atoms with van der Waals surface area (Å²) in [6.45, 7) is 6.52. The van der Waals surface area contributed by atoms with Crippen LogP contribution < -0.4 is 15.4 Å². The summed E-state index contributed by atoms with van der Waals surface area (Å²) >= 11 is 0. The smallest absolute Gasteiger partial charge is 0.326 e. The van der Waals surface area contributed by atoms with Crippen molar-refractivity contribution in [1.82, 2.24) is 15.5 Å². The van der Waals surface area contributed by atoms with E-state index in [1.165, 1.54) is 4.90 Å². The largest absolute Gasteiger partial charge is 0.491 e. The maximum Gasteiger partial charge on any atom is 0.326 e. The molecule has 0 bridgehead atoms. The van der Waals surface area contributed by atoms with Crippen molar-refractivity contribution in [2.75, 3.05) is 19.7 Å². The zero-order valence-corrected chi connectivity index (χ0v) is 20.1. The molecule has 1 heterocycles. The first kappa shape index (κ1) is 27.6. The molecule has 1 amide bonds. The number of carboxylic acids is 2. The van der Waals surface area contributed by atoms with Crippen molar-refractivity contribution in [2.24, 2.45) is 0 Å². The van der Waals surface area contributed by atoms with Crippen molar-refractivity contribution in [1.29, 1.82) is 0 Å². The van der Waals surface area contributed by atoms with Gasteiger partial charge in [-0.2, -0.15) is 0 Å². The average molecular weight is 480 g/mol. The molecule has 0 aromatic heterocycles. The molecule has 0 aliphatic carbocycles. The number of aryl methyl sites for hydroxylation is 1. The van der Waals surface area contributed by atoms with E-state index in [-0.39, 0.29) is 19.1 Å². The van der Waals surface area contributed by atoms with Crippen molar-refractivity contribution in [3.63, 3.8) is 0 Å². The number of rotatable bonds is 14. The van der Waals surface area contributed by atoms with E-state index in [0.29, 0.717) is 38.1 Å². The Morgan fingerprint density at radius 1 is 1.15 bits per heavy atom. The minimum atomic E-state index is -1.07. The lowest BCUT2D eigenvalue weighted by Gasteiger charge is -2.27. The first-order chi connectivity index (χ1) is 16.1. The minimum Gasteiger partial charge on any atom is -0.491 e. The number of aliphatic hydroxyl groups excluding tert-OH is 1. The Bertz CT molecular complexity index is 815. The lowest BCUT2D eigenvalue weighted by atomic mass is 10.0. The van der Waals surface area contributed by atoms with E-state index in [4.69, 9.17) is 4.74 Å². The van der Waals surface area contributed by atoms with Crippen LogP contribution in [0.4, 0.5) is 0 Å². The number of carbonyl (C=O) groups is 3. The molecule has 4 atom stereocenters. The fourth-order valence-electron chi connectivity index (χ4n) is 3.87. The third kappa shape index (κ3) is 8.58. The quantitative estimate of drug-likeness (QED) is 0.262. The molecule has 1 fully saturated rings. The number of carboxylic acid groups (broad SMARTS) is 2. The van der Waals surface area contributed by atoms with Gasteiger partial charge in [-0.05, 0) is 50.3 Å². The summed E-state index contributed by atoms with van der Waals surface area (Å²) in [6, 6.07) is 4.87. The van der Waals surface area contributed by atoms with E-state index in [9.17, 15) is 29.7 Å². The number of hydrogen-bond acceptors (Lipinski definition) is 7. The maximum absolute atomic E-state index is 12.7. The monoisotopic (exact) mass is 479 g/mol. The number of likely N-dealkylation sites (tertiary alicyclic amines) is 1. The van der Waals surface area contributed by atoms with Gasteiger partial charge in [0.2, 0.25) is 5.91 Å². The third-order valence-corrected chi connectivity index (χ3v) is 5.79. The van der Waals surface area contributed by atoms with Crippen LogP contribution in [0.5, 0.6) is 5.75 Å². The summed E-state index contributed by atoms with van der Waals surface area (Å²) < 4.78 is 5.59. The summed E-state index contributed by atoms with van der Waals surface area (Å²) in [5.41, 5.74) is 0.909. The highest BCUT2D eigenvalue weighted by Crippen LogP contribution is 2.19. The number of aliphatic hydroxyl groups is 1.